The van der Waals surface area contributed by atoms with E-state index in [-0.39, 0.29) is 18.0 Å². The molecule has 1 aromatic heterocycles. The van der Waals surface area contributed by atoms with Crippen molar-refractivity contribution in [2.24, 2.45) is 5.92 Å². The Labute approximate surface area is 264 Å². The van der Waals surface area contributed by atoms with Gasteiger partial charge in [0.2, 0.25) is 11.8 Å². The van der Waals surface area contributed by atoms with Gasteiger partial charge in [-0.15, -0.1) is 0 Å². The summed E-state index contributed by atoms with van der Waals surface area (Å²) in [5.74, 6) is -3.53. The Morgan fingerprint density at radius 3 is 2.52 bits per heavy atom. The van der Waals surface area contributed by atoms with E-state index in [1.165, 1.54) is 6.07 Å². The van der Waals surface area contributed by atoms with Gasteiger partial charge in [-0.2, -0.15) is 13.2 Å². The molecule has 6 rings (SSSR count). The number of thiazole rings is 1. The van der Waals surface area contributed by atoms with Crippen molar-refractivity contribution in [2.45, 2.75) is 29.3 Å². The number of ether oxygens (including phenoxy) is 1. The standard InChI is InChI=1S/C30H21BrF3N3O5S2/c1-14-5-8-17(9-6-14)35-21(38)13-42-20-10-7-16(31)12-19(20)22-23-25(43-26-24(22)44-29(41)36-26)28(40)37(27(23)39)18-4-2-3-15(11-18)30(32,33)34/h2-12,22-23,25H,13H2,1H3,(H,35,38)(H,36,41). The monoisotopic (exact) mass is 703 g/mol. The molecule has 2 N–H and O–H groups in total. The maximum absolute atomic E-state index is 14.0. The number of benzene rings is 3. The lowest BCUT2D eigenvalue weighted by molar-refractivity contribution is -0.137. The van der Waals surface area contributed by atoms with E-state index in [9.17, 15) is 32.3 Å². The minimum atomic E-state index is -4.68. The van der Waals surface area contributed by atoms with Gasteiger partial charge in [-0.3, -0.25) is 19.2 Å². The van der Waals surface area contributed by atoms with E-state index in [2.05, 4.69) is 26.2 Å². The number of halogens is 4. The number of imide groups is 1. The van der Waals surface area contributed by atoms with Crippen LogP contribution in [0.4, 0.5) is 24.5 Å². The third kappa shape index (κ3) is 5.69. The van der Waals surface area contributed by atoms with Crippen LogP contribution < -0.4 is 19.8 Å². The molecule has 3 atom stereocenters. The van der Waals surface area contributed by atoms with Crippen LogP contribution in [0, 0.1) is 12.8 Å². The van der Waals surface area contributed by atoms with Crippen molar-refractivity contribution in [1.29, 1.82) is 0 Å². The highest BCUT2D eigenvalue weighted by Gasteiger charge is 2.57. The SMILES string of the molecule is Cc1ccc(NC(=O)COc2ccc(Br)cc2C2c3sc(=O)[nH]c3SC3C(=O)N(c4cccc(C(F)(F)F)c4)C(=O)C32)cc1. The van der Waals surface area contributed by atoms with E-state index in [1.807, 2.05) is 19.1 Å². The van der Waals surface area contributed by atoms with Gasteiger partial charge in [0.05, 0.1) is 22.2 Å². The summed E-state index contributed by atoms with van der Waals surface area (Å²) in [5, 5.41) is 2.11. The summed E-state index contributed by atoms with van der Waals surface area (Å²) in [5.41, 5.74) is 0.851. The van der Waals surface area contributed by atoms with E-state index in [4.69, 9.17) is 4.74 Å². The Bertz CT molecular complexity index is 1860. The van der Waals surface area contributed by atoms with Gasteiger partial charge in [-0.1, -0.05) is 62.8 Å². The quantitative estimate of drug-likeness (QED) is 0.227. The summed E-state index contributed by atoms with van der Waals surface area (Å²) < 4.78 is 47.0. The molecule has 0 saturated carbocycles. The highest BCUT2D eigenvalue weighted by Crippen LogP contribution is 2.55. The molecule has 14 heteroatoms. The summed E-state index contributed by atoms with van der Waals surface area (Å²) in [6, 6.07) is 16.2. The third-order valence-corrected chi connectivity index (χ3v) is 10.2. The Kier molecular flexibility index (Phi) is 7.92. The van der Waals surface area contributed by atoms with Crippen LogP contribution in [-0.4, -0.2) is 34.6 Å². The first-order valence-electron chi connectivity index (χ1n) is 13.1. The summed E-state index contributed by atoms with van der Waals surface area (Å²) in [6.45, 7) is 1.55. The van der Waals surface area contributed by atoms with Crippen LogP contribution in [0.3, 0.4) is 0 Å². The van der Waals surface area contributed by atoms with Crippen molar-refractivity contribution >= 4 is 68.1 Å². The van der Waals surface area contributed by atoms with Crippen LogP contribution in [0.5, 0.6) is 5.75 Å². The molecular formula is C30H21BrF3N3O5S2. The molecule has 0 spiro atoms. The summed E-state index contributed by atoms with van der Waals surface area (Å²) in [4.78, 5) is 56.5. The first kappa shape index (κ1) is 30.2. The number of hydrogen-bond donors (Lipinski definition) is 2. The second-order valence-electron chi connectivity index (χ2n) is 10.2. The summed E-state index contributed by atoms with van der Waals surface area (Å²) >= 11 is 5.32. The number of carbonyl (C=O) groups excluding carboxylic acids is 3. The van der Waals surface area contributed by atoms with Crippen molar-refractivity contribution in [1.82, 2.24) is 4.98 Å². The van der Waals surface area contributed by atoms with Crippen LogP contribution in [0.15, 0.2) is 81.0 Å². The molecule has 0 aliphatic carbocycles. The number of thioether (sulfide) groups is 1. The first-order valence-corrected chi connectivity index (χ1v) is 15.6. The predicted octanol–water partition coefficient (Wildman–Crippen LogP) is 6.34. The molecule has 0 radical (unpaired) electrons. The third-order valence-electron chi connectivity index (χ3n) is 7.26. The summed E-state index contributed by atoms with van der Waals surface area (Å²) in [6.07, 6.45) is -4.68. The number of aromatic nitrogens is 1. The van der Waals surface area contributed by atoms with Crippen LogP contribution in [0.2, 0.25) is 0 Å². The minimum Gasteiger partial charge on any atom is -0.483 e. The number of anilines is 2. The second-order valence-corrected chi connectivity index (χ2v) is 13.3. The molecule has 44 heavy (non-hydrogen) atoms. The molecule has 0 bridgehead atoms. The second kappa shape index (κ2) is 11.6. The lowest BCUT2D eigenvalue weighted by Gasteiger charge is -2.31. The number of hydrogen-bond acceptors (Lipinski definition) is 7. The molecule has 3 amide bonds. The number of fused-ring (bicyclic) bond motifs is 2. The van der Waals surface area contributed by atoms with Crippen molar-refractivity contribution < 1.29 is 32.3 Å². The smallest absolute Gasteiger partial charge is 0.416 e. The number of nitrogens with zero attached hydrogens (tertiary/aromatic N) is 1. The molecule has 3 aromatic carbocycles. The Hall–Kier alpha value is -3.88. The summed E-state index contributed by atoms with van der Waals surface area (Å²) in [7, 11) is 0. The zero-order valence-electron chi connectivity index (χ0n) is 22.6. The molecule has 2 aliphatic rings. The van der Waals surface area contributed by atoms with Gasteiger partial charge >= 0.3 is 11.0 Å². The van der Waals surface area contributed by atoms with Crippen LogP contribution in [-0.2, 0) is 20.6 Å². The molecule has 3 unspecified atom stereocenters. The van der Waals surface area contributed by atoms with Gasteiger partial charge in [-0.05, 0) is 55.5 Å². The number of nitrogens with one attached hydrogen (secondary N) is 2. The number of amides is 3. The number of aromatic amines is 1. The van der Waals surface area contributed by atoms with Gasteiger partial charge < -0.3 is 15.0 Å². The largest absolute Gasteiger partial charge is 0.483 e. The van der Waals surface area contributed by atoms with Gasteiger partial charge in [0.25, 0.3) is 5.91 Å². The highest BCUT2D eigenvalue weighted by atomic mass is 79.9. The molecule has 3 heterocycles. The average molecular weight is 705 g/mol. The minimum absolute atomic E-state index is 0.195. The number of rotatable bonds is 6. The fourth-order valence-corrected chi connectivity index (χ4v) is 8.18. The molecule has 8 nitrogen and oxygen atoms in total. The Morgan fingerprint density at radius 2 is 1.80 bits per heavy atom. The lowest BCUT2D eigenvalue weighted by Crippen LogP contribution is -2.32. The molecule has 4 aromatic rings. The van der Waals surface area contributed by atoms with Crippen LogP contribution in [0.25, 0.3) is 0 Å². The van der Waals surface area contributed by atoms with Gasteiger partial charge in [0, 0.05) is 26.5 Å². The fourth-order valence-electron chi connectivity index (χ4n) is 5.30. The van der Waals surface area contributed by atoms with E-state index in [1.54, 1.807) is 30.3 Å². The maximum Gasteiger partial charge on any atom is 0.416 e. The average Bonchev–Trinajstić information content (AvgIpc) is 3.47. The topological polar surface area (TPSA) is 109 Å². The number of carbonyl (C=O) groups is 3. The van der Waals surface area contributed by atoms with Gasteiger partial charge in [0.1, 0.15) is 11.0 Å². The van der Waals surface area contributed by atoms with E-state index in [0.29, 0.717) is 25.6 Å². The molecular weight excluding hydrogens is 683 g/mol. The van der Waals surface area contributed by atoms with Gasteiger partial charge in [-0.25, -0.2) is 4.90 Å². The van der Waals surface area contributed by atoms with Crippen molar-refractivity contribution in [3.05, 3.63) is 102 Å². The Morgan fingerprint density at radius 1 is 1.05 bits per heavy atom. The molecule has 1 fully saturated rings. The van der Waals surface area contributed by atoms with Crippen LogP contribution >= 0.6 is 39.0 Å². The van der Waals surface area contributed by atoms with E-state index >= 15 is 0 Å². The zero-order chi connectivity index (χ0) is 31.3. The van der Waals surface area contributed by atoms with Crippen molar-refractivity contribution in [3.8, 4) is 5.75 Å². The van der Waals surface area contributed by atoms with Crippen molar-refractivity contribution in [2.75, 3.05) is 16.8 Å². The molecule has 226 valence electrons. The Balaban J connectivity index is 1.36. The first-order chi connectivity index (χ1) is 20.9. The zero-order valence-corrected chi connectivity index (χ0v) is 25.8. The predicted molar refractivity (Wildman–Crippen MR) is 163 cm³/mol. The molecule has 2 aliphatic heterocycles. The number of alkyl halides is 3. The number of aryl methyl sites for hydroxylation is 1. The van der Waals surface area contributed by atoms with Gasteiger partial charge in [0.15, 0.2) is 6.61 Å². The van der Waals surface area contributed by atoms with Crippen molar-refractivity contribution in [3.63, 3.8) is 0 Å². The number of H-pyrrole nitrogens is 1. The maximum atomic E-state index is 14.0. The van der Waals surface area contributed by atoms with E-state index < -0.39 is 51.4 Å². The van der Waals surface area contributed by atoms with E-state index in [0.717, 1.165) is 51.8 Å². The lowest BCUT2D eigenvalue weighted by atomic mass is 9.82. The molecule has 1 saturated heterocycles. The van der Waals surface area contributed by atoms with Crippen LogP contribution in [0.1, 0.15) is 27.5 Å². The highest BCUT2D eigenvalue weighted by molar-refractivity contribution is 9.10. The normalized spacial score (nSPS) is 19.5. The fraction of sp³-hybridized carbons (Fsp3) is 0.200.